The third-order valence-corrected chi connectivity index (χ3v) is 8.16. The molecule has 8 heteroatoms. The predicted octanol–water partition coefficient (Wildman–Crippen LogP) is 5.05. The number of nitrogens with one attached hydrogen (secondary N) is 1. The van der Waals surface area contributed by atoms with Gasteiger partial charge in [-0.2, -0.15) is 9.41 Å². The molecule has 3 aromatic carbocycles. The summed E-state index contributed by atoms with van der Waals surface area (Å²) in [5.41, 5.74) is 9.64. The number of nitrogens with zero attached hydrogens (tertiary/aromatic N) is 3. The minimum atomic E-state index is -3.90. The number of aromatic nitrogens is 1. The molecular weight excluding hydrogens is 496 g/mol. The Morgan fingerprint density at radius 2 is 1.58 bits per heavy atom. The van der Waals surface area contributed by atoms with Gasteiger partial charge in [-0.3, -0.25) is 4.79 Å². The number of amides is 1. The molecule has 7 nitrogen and oxygen atoms in total. The van der Waals surface area contributed by atoms with Gasteiger partial charge in [-0.15, -0.1) is 0 Å². The van der Waals surface area contributed by atoms with E-state index >= 15 is 0 Å². The lowest BCUT2D eigenvalue weighted by atomic mass is 10.1. The summed E-state index contributed by atoms with van der Waals surface area (Å²) in [7, 11) is -3.90. The maximum absolute atomic E-state index is 13.3. The summed E-state index contributed by atoms with van der Waals surface area (Å²) in [6.45, 7) is 7.87. The first-order valence-corrected chi connectivity index (χ1v) is 13.8. The number of benzene rings is 3. The monoisotopic (exact) mass is 528 g/mol. The maximum atomic E-state index is 13.3. The Labute approximate surface area is 224 Å². The minimum absolute atomic E-state index is 0.0618. The number of hydrogen-bond donors (Lipinski definition) is 1. The quantitative estimate of drug-likeness (QED) is 0.244. The standard InChI is InChI=1S/C30H32N4O3S/c1-22-15-16-29(23(2)17-22)34-24(3)18-27(25(34)4)19-31-32-30(35)21-33(20-26-11-7-5-8-12-26)38(36,37)28-13-9-6-10-14-28/h5-19H,20-21H2,1-4H3,(H,32,35)/b31-19-. The fraction of sp³-hybridized carbons (Fsp3) is 0.200. The van der Waals surface area contributed by atoms with Crippen LogP contribution in [0.4, 0.5) is 0 Å². The third-order valence-electron chi connectivity index (χ3n) is 6.36. The molecule has 1 amide bonds. The lowest BCUT2D eigenvalue weighted by Crippen LogP contribution is -2.39. The van der Waals surface area contributed by atoms with Crippen LogP contribution in [0.5, 0.6) is 0 Å². The molecule has 4 rings (SSSR count). The molecule has 196 valence electrons. The van der Waals surface area contributed by atoms with Crippen LogP contribution in [0.2, 0.25) is 0 Å². The van der Waals surface area contributed by atoms with Gasteiger partial charge in [-0.25, -0.2) is 13.8 Å². The number of hydrogen-bond acceptors (Lipinski definition) is 4. The van der Waals surface area contributed by atoms with Crippen LogP contribution in [0.25, 0.3) is 5.69 Å². The zero-order valence-electron chi connectivity index (χ0n) is 22.0. The van der Waals surface area contributed by atoms with E-state index in [-0.39, 0.29) is 18.0 Å². The lowest BCUT2D eigenvalue weighted by molar-refractivity contribution is -0.121. The van der Waals surface area contributed by atoms with E-state index in [4.69, 9.17) is 0 Å². The van der Waals surface area contributed by atoms with Crippen molar-refractivity contribution >= 4 is 22.1 Å². The van der Waals surface area contributed by atoms with E-state index in [1.54, 1.807) is 24.4 Å². The van der Waals surface area contributed by atoms with E-state index < -0.39 is 15.9 Å². The van der Waals surface area contributed by atoms with Crippen LogP contribution in [0.1, 0.15) is 33.6 Å². The second-order valence-corrected chi connectivity index (χ2v) is 11.3. The molecule has 0 bridgehead atoms. The second kappa shape index (κ2) is 11.6. The Hall–Kier alpha value is -4.01. The highest BCUT2D eigenvalue weighted by atomic mass is 32.2. The molecule has 1 heterocycles. The van der Waals surface area contributed by atoms with Crippen molar-refractivity contribution in [1.29, 1.82) is 0 Å². The Kier molecular flexibility index (Phi) is 8.24. The number of hydrazone groups is 1. The number of sulfonamides is 1. The zero-order chi connectivity index (χ0) is 27.3. The Morgan fingerprint density at radius 1 is 0.921 bits per heavy atom. The molecular formula is C30H32N4O3S. The van der Waals surface area contributed by atoms with Crippen molar-refractivity contribution in [2.24, 2.45) is 5.10 Å². The minimum Gasteiger partial charge on any atom is -0.318 e. The van der Waals surface area contributed by atoms with Crippen molar-refractivity contribution in [2.75, 3.05) is 6.54 Å². The number of aryl methyl sites for hydroxylation is 3. The summed E-state index contributed by atoms with van der Waals surface area (Å²) in [4.78, 5) is 13.0. The highest BCUT2D eigenvalue weighted by Crippen LogP contribution is 2.23. The van der Waals surface area contributed by atoms with Gasteiger partial charge in [0, 0.05) is 29.2 Å². The molecule has 1 aromatic heterocycles. The first-order valence-electron chi connectivity index (χ1n) is 12.3. The van der Waals surface area contributed by atoms with Crippen molar-refractivity contribution in [1.82, 2.24) is 14.3 Å². The van der Waals surface area contributed by atoms with Gasteiger partial charge in [-0.05, 0) is 63.1 Å². The first kappa shape index (κ1) is 27.0. The fourth-order valence-corrected chi connectivity index (χ4v) is 5.87. The molecule has 0 unspecified atom stereocenters. The van der Waals surface area contributed by atoms with E-state index in [2.05, 4.69) is 47.1 Å². The lowest BCUT2D eigenvalue weighted by Gasteiger charge is -2.21. The van der Waals surface area contributed by atoms with Crippen LogP contribution >= 0.6 is 0 Å². The Balaban J connectivity index is 1.51. The summed E-state index contributed by atoms with van der Waals surface area (Å²) in [6.07, 6.45) is 1.59. The van der Waals surface area contributed by atoms with E-state index in [1.807, 2.05) is 50.2 Å². The average molecular weight is 529 g/mol. The van der Waals surface area contributed by atoms with Crippen molar-refractivity contribution in [3.8, 4) is 5.69 Å². The molecule has 0 saturated carbocycles. The van der Waals surface area contributed by atoms with Crippen LogP contribution in [0.15, 0.2) is 94.9 Å². The Morgan fingerprint density at radius 3 is 2.24 bits per heavy atom. The van der Waals surface area contributed by atoms with Gasteiger partial charge in [0.15, 0.2) is 0 Å². The highest BCUT2D eigenvalue weighted by Gasteiger charge is 2.26. The van der Waals surface area contributed by atoms with E-state index in [0.717, 1.165) is 32.5 Å². The van der Waals surface area contributed by atoms with E-state index in [0.29, 0.717) is 0 Å². The number of carbonyl (C=O) groups is 1. The number of carbonyl (C=O) groups excluding carboxylic acids is 1. The first-order chi connectivity index (χ1) is 18.2. The molecule has 0 aliphatic heterocycles. The van der Waals surface area contributed by atoms with Crippen molar-refractivity contribution in [2.45, 2.75) is 39.1 Å². The normalized spacial score (nSPS) is 11.8. The fourth-order valence-electron chi connectivity index (χ4n) is 4.47. The third kappa shape index (κ3) is 6.10. The predicted molar refractivity (Wildman–Crippen MR) is 151 cm³/mol. The summed E-state index contributed by atoms with van der Waals surface area (Å²) in [5.74, 6) is -0.528. The second-order valence-electron chi connectivity index (χ2n) is 9.32. The maximum Gasteiger partial charge on any atom is 0.255 e. The summed E-state index contributed by atoms with van der Waals surface area (Å²) >= 11 is 0. The summed E-state index contributed by atoms with van der Waals surface area (Å²) in [6, 6.07) is 25.6. The van der Waals surface area contributed by atoms with Crippen molar-refractivity contribution < 1.29 is 13.2 Å². The number of rotatable bonds is 9. The van der Waals surface area contributed by atoms with E-state index in [9.17, 15) is 13.2 Å². The van der Waals surface area contributed by atoms with Gasteiger partial charge in [-0.1, -0.05) is 66.2 Å². The molecule has 0 saturated heterocycles. The van der Waals surface area contributed by atoms with Crippen LogP contribution in [0, 0.1) is 27.7 Å². The molecule has 0 atom stereocenters. The van der Waals surface area contributed by atoms with Gasteiger partial charge in [0.1, 0.15) is 0 Å². The molecule has 38 heavy (non-hydrogen) atoms. The van der Waals surface area contributed by atoms with Gasteiger partial charge in [0.05, 0.1) is 17.7 Å². The van der Waals surface area contributed by atoms with Crippen molar-refractivity contribution in [3.63, 3.8) is 0 Å². The SMILES string of the molecule is Cc1ccc(-n2c(C)cc(/C=N\NC(=O)CN(Cc3ccccc3)S(=O)(=O)c3ccccc3)c2C)c(C)c1. The molecule has 0 radical (unpaired) electrons. The molecule has 0 aliphatic carbocycles. The van der Waals surface area contributed by atoms with E-state index in [1.165, 1.54) is 23.3 Å². The summed E-state index contributed by atoms with van der Waals surface area (Å²) < 4.78 is 30.0. The van der Waals surface area contributed by atoms with Gasteiger partial charge < -0.3 is 4.57 Å². The molecule has 4 aromatic rings. The zero-order valence-corrected chi connectivity index (χ0v) is 22.9. The van der Waals surface area contributed by atoms with Gasteiger partial charge >= 0.3 is 0 Å². The largest absolute Gasteiger partial charge is 0.318 e. The van der Waals surface area contributed by atoms with Gasteiger partial charge in [0.25, 0.3) is 5.91 Å². The van der Waals surface area contributed by atoms with Crippen molar-refractivity contribution in [3.05, 3.63) is 119 Å². The highest BCUT2D eigenvalue weighted by molar-refractivity contribution is 7.89. The molecule has 0 fully saturated rings. The average Bonchev–Trinajstić information content (AvgIpc) is 3.17. The van der Waals surface area contributed by atoms with Crippen LogP contribution in [-0.4, -0.2) is 36.0 Å². The smallest absolute Gasteiger partial charge is 0.255 e. The molecule has 1 N–H and O–H groups in total. The van der Waals surface area contributed by atoms with Gasteiger partial charge in [0.2, 0.25) is 10.0 Å². The molecule has 0 aliphatic rings. The van der Waals surface area contributed by atoms with Crippen LogP contribution in [0.3, 0.4) is 0 Å². The Bertz CT molecular complexity index is 1560. The van der Waals surface area contributed by atoms with Crippen LogP contribution in [-0.2, 0) is 21.4 Å². The summed E-state index contributed by atoms with van der Waals surface area (Å²) in [5, 5.41) is 4.14. The van der Waals surface area contributed by atoms with Crippen LogP contribution < -0.4 is 5.43 Å². The topological polar surface area (TPSA) is 83.8 Å². The molecule has 0 spiro atoms.